The molecule has 31 heavy (non-hydrogen) atoms. The smallest absolute Gasteiger partial charge is 0.246 e. The van der Waals surface area contributed by atoms with Crippen LogP contribution in [0.4, 0.5) is 4.39 Å². The second kappa shape index (κ2) is 9.59. The molecule has 1 amide bonds. The van der Waals surface area contributed by atoms with E-state index in [-0.39, 0.29) is 48.8 Å². The Kier molecular flexibility index (Phi) is 6.84. The van der Waals surface area contributed by atoms with Crippen LogP contribution in [0.3, 0.4) is 0 Å². The third kappa shape index (κ3) is 5.05. The van der Waals surface area contributed by atoms with Crippen molar-refractivity contribution < 1.29 is 22.3 Å². The summed E-state index contributed by atoms with van der Waals surface area (Å²) in [6, 6.07) is 5.30. The molecule has 0 unspecified atom stereocenters. The summed E-state index contributed by atoms with van der Waals surface area (Å²) in [7, 11) is -3.93. The fourth-order valence-corrected chi connectivity index (χ4v) is 5.86. The van der Waals surface area contributed by atoms with Crippen molar-refractivity contribution >= 4 is 27.7 Å². The van der Waals surface area contributed by atoms with Crippen LogP contribution in [0.1, 0.15) is 12.8 Å². The largest absolute Gasteiger partial charge is 0.376 e. The summed E-state index contributed by atoms with van der Waals surface area (Å²) in [5.74, 6) is -0.760. The first kappa shape index (κ1) is 22.1. The zero-order valence-corrected chi connectivity index (χ0v) is 18.4. The van der Waals surface area contributed by atoms with Crippen molar-refractivity contribution in [2.45, 2.75) is 35.5 Å². The van der Waals surface area contributed by atoms with Crippen LogP contribution < -0.4 is 0 Å². The number of hydrogen-bond donors (Lipinski definition) is 0. The van der Waals surface area contributed by atoms with E-state index in [4.69, 9.17) is 4.74 Å². The SMILES string of the molecule is O=C(CSc1nnnn1C[C@@H]1CCCO1)N1CCN(S(=O)(=O)c2ccccc2F)CC1. The molecule has 0 bridgehead atoms. The van der Waals surface area contributed by atoms with Crippen molar-refractivity contribution in [3.63, 3.8) is 0 Å². The van der Waals surface area contributed by atoms with E-state index in [9.17, 15) is 17.6 Å². The summed E-state index contributed by atoms with van der Waals surface area (Å²) >= 11 is 1.24. The molecule has 2 saturated heterocycles. The van der Waals surface area contributed by atoms with Gasteiger partial charge in [-0.3, -0.25) is 4.79 Å². The Morgan fingerprint density at radius 2 is 2.00 bits per heavy atom. The highest BCUT2D eigenvalue weighted by Gasteiger charge is 2.32. The third-order valence-corrected chi connectivity index (χ3v) is 8.14. The lowest BCUT2D eigenvalue weighted by Crippen LogP contribution is -2.51. The second-order valence-corrected chi connectivity index (χ2v) is 10.1. The number of nitrogens with zero attached hydrogens (tertiary/aromatic N) is 6. The van der Waals surface area contributed by atoms with Gasteiger partial charge in [-0.1, -0.05) is 23.9 Å². The quantitative estimate of drug-likeness (QED) is 0.542. The lowest BCUT2D eigenvalue weighted by molar-refractivity contribution is -0.129. The van der Waals surface area contributed by atoms with Gasteiger partial charge >= 0.3 is 0 Å². The zero-order valence-electron chi connectivity index (χ0n) is 16.8. The minimum absolute atomic E-state index is 0.0861. The zero-order chi connectivity index (χ0) is 21.8. The van der Waals surface area contributed by atoms with Crippen molar-refractivity contribution in [1.82, 2.24) is 29.4 Å². The number of ether oxygens (including phenoxy) is 1. The van der Waals surface area contributed by atoms with Gasteiger partial charge in [0, 0.05) is 32.8 Å². The van der Waals surface area contributed by atoms with Gasteiger partial charge in [-0.05, 0) is 35.4 Å². The molecule has 0 aliphatic carbocycles. The summed E-state index contributed by atoms with van der Waals surface area (Å²) < 4.78 is 47.8. The van der Waals surface area contributed by atoms with E-state index < -0.39 is 15.8 Å². The first-order valence-electron chi connectivity index (χ1n) is 9.98. The second-order valence-electron chi connectivity index (χ2n) is 7.28. The lowest BCUT2D eigenvalue weighted by Gasteiger charge is -2.34. The molecule has 1 aromatic heterocycles. The molecular weight excluding hydrogens is 447 g/mol. The number of tetrazole rings is 1. The van der Waals surface area contributed by atoms with E-state index in [1.807, 2.05) is 0 Å². The molecule has 10 nitrogen and oxygen atoms in total. The standard InChI is InChI=1S/C18H23FN6O4S2/c19-15-5-1-2-6-16(15)31(27,28)24-9-7-23(8-10-24)17(26)13-30-18-20-21-22-25(18)12-14-4-3-11-29-14/h1-2,5-6,14H,3-4,7-13H2/t14-/m0/s1. The first-order valence-corrected chi connectivity index (χ1v) is 12.4. The molecule has 2 aliphatic heterocycles. The van der Waals surface area contributed by atoms with Crippen LogP contribution in [-0.4, -0.2) is 88.4 Å². The summed E-state index contributed by atoms with van der Waals surface area (Å²) in [6.45, 7) is 2.01. The fraction of sp³-hybridized carbons (Fsp3) is 0.556. The highest BCUT2D eigenvalue weighted by Crippen LogP contribution is 2.22. The van der Waals surface area contributed by atoms with Gasteiger partial charge in [0.25, 0.3) is 0 Å². The molecule has 13 heteroatoms. The maximum absolute atomic E-state index is 13.9. The number of piperazine rings is 1. The Balaban J connectivity index is 1.29. The average molecular weight is 471 g/mol. The summed E-state index contributed by atoms with van der Waals surface area (Å²) in [6.07, 6.45) is 2.07. The minimum Gasteiger partial charge on any atom is -0.376 e. The Morgan fingerprint density at radius 1 is 1.23 bits per heavy atom. The van der Waals surface area contributed by atoms with Crippen LogP contribution in [0, 0.1) is 5.82 Å². The molecule has 2 aromatic rings. The fourth-order valence-electron chi connectivity index (χ4n) is 3.58. The van der Waals surface area contributed by atoms with Crippen LogP contribution in [0.5, 0.6) is 0 Å². The lowest BCUT2D eigenvalue weighted by atomic mass is 10.2. The third-order valence-electron chi connectivity index (χ3n) is 5.27. The molecule has 2 aliphatic rings. The summed E-state index contributed by atoms with van der Waals surface area (Å²) in [5.41, 5.74) is 0. The maximum Gasteiger partial charge on any atom is 0.246 e. The highest BCUT2D eigenvalue weighted by atomic mass is 32.2. The number of carbonyl (C=O) groups is 1. The maximum atomic E-state index is 13.9. The molecule has 1 aromatic carbocycles. The molecule has 0 spiro atoms. The van der Waals surface area contributed by atoms with Crippen molar-refractivity contribution in [3.8, 4) is 0 Å². The number of sulfonamides is 1. The minimum atomic E-state index is -3.93. The van der Waals surface area contributed by atoms with E-state index in [0.29, 0.717) is 11.7 Å². The summed E-state index contributed by atoms with van der Waals surface area (Å²) in [4.78, 5) is 13.9. The Morgan fingerprint density at radius 3 is 2.71 bits per heavy atom. The van der Waals surface area contributed by atoms with Gasteiger partial charge in [-0.25, -0.2) is 17.5 Å². The number of hydrogen-bond acceptors (Lipinski definition) is 8. The number of amides is 1. The van der Waals surface area contributed by atoms with Crippen molar-refractivity contribution in [3.05, 3.63) is 30.1 Å². The van der Waals surface area contributed by atoms with E-state index in [1.54, 1.807) is 9.58 Å². The number of rotatable bonds is 7. The van der Waals surface area contributed by atoms with Gasteiger partial charge in [0.05, 0.1) is 18.4 Å². The average Bonchev–Trinajstić information content (AvgIpc) is 3.45. The van der Waals surface area contributed by atoms with Gasteiger partial charge in [0.1, 0.15) is 10.7 Å². The van der Waals surface area contributed by atoms with Crippen LogP contribution in [0.15, 0.2) is 34.3 Å². The number of aromatic nitrogens is 4. The molecule has 168 valence electrons. The molecule has 3 heterocycles. The van der Waals surface area contributed by atoms with E-state index in [2.05, 4.69) is 15.5 Å². The van der Waals surface area contributed by atoms with Crippen molar-refractivity contribution in [2.75, 3.05) is 38.5 Å². The summed E-state index contributed by atoms with van der Waals surface area (Å²) in [5, 5.41) is 12.2. The van der Waals surface area contributed by atoms with E-state index >= 15 is 0 Å². The van der Waals surface area contributed by atoms with Gasteiger partial charge in [0.15, 0.2) is 0 Å². The van der Waals surface area contributed by atoms with Crippen LogP contribution in [-0.2, 0) is 26.1 Å². The normalized spacial score (nSPS) is 20.3. The van der Waals surface area contributed by atoms with Crippen molar-refractivity contribution in [2.24, 2.45) is 0 Å². The molecular formula is C18H23FN6O4S2. The van der Waals surface area contributed by atoms with Gasteiger partial charge in [-0.2, -0.15) is 4.31 Å². The first-order chi connectivity index (χ1) is 14.9. The molecule has 1 atom stereocenters. The van der Waals surface area contributed by atoms with Crippen LogP contribution in [0.2, 0.25) is 0 Å². The molecule has 0 N–H and O–H groups in total. The molecule has 4 rings (SSSR count). The highest BCUT2D eigenvalue weighted by molar-refractivity contribution is 7.99. The van der Waals surface area contributed by atoms with Crippen LogP contribution in [0.25, 0.3) is 0 Å². The molecule has 0 saturated carbocycles. The molecule has 0 radical (unpaired) electrons. The van der Waals surface area contributed by atoms with E-state index in [1.165, 1.54) is 34.3 Å². The number of carbonyl (C=O) groups excluding carboxylic acids is 1. The Hall–Kier alpha value is -2.09. The number of thioether (sulfide) groups is 1. The van der Waals surface area contributed by atoms with Gasteiger partial charge in [-0.15, -0.1) is 5.10 Å². The van der Waals surface area contributed by atoms with E-state index in [0.717, 1.165) is 25.5 Å². The van der Waals surface area contributed by atoms with Gasteiger partial charge < -0.3 is 9.64 Å². The predicted octanol–water partition coefficient (Wildman–Crippen LogP) is 0.616. The number of benzene rings is 1. The monoisotopic (exact) mass is 470 g/mol. The van der Waals surface area contributed by atoms with Crippen LogP contribution >= 0.6 is 11.8 Å². The van der Waals surface area contributed by atoms with Gasteiger partial charge in [0.2, 0.25) is 21.1 Å². The number of halogens is 1. The Bertz CT molecular complexity index is 1020. The Labute approximate surface area is 183 Å². The topological polar surface area (TPSA) is 111 Å². The molecule has 2 fully saturated rings. The predicted molar refractivity (Wildman–Crippen MR) is 109 cm³/mol. The van der Waals surface area contributed by atoms with Crippen molar-refractivity contribution in [1.29, 1.82) is 0 Å².